The predicted octanol–water partition coefficient (Wildman–Crippen LogP) is 2.75. The highest BCUT2D eigenvalue weighted by Gasteiger charge is 2.42. The average molecular weight is 426 g/mol. The number of ether oxygens (including phenoxy) is 1. The van der Waals surface area contributed by atoms with Gasteiger partial charge in [-0.05, 0) is 32.5 Å². The number of halogens is 2. The van der Waals surface area contributed by atoms with Gasteiger partial charge in [0.15, 0.2) is 0 Å². The highest BCUT2D eigenvalue weighted by Crippen LogP contribution is 2.36. The molecule has 0 N–H and O–H groups in total. The Morgan fingerprint density at radius 2 is 1.79 bits per heavy atom. The van der Waals surface area contributed by atoms with Crippen LogP contribution in [0.3, 0.4) is 0 Å². The maximum atomic E-state index is 13.2. The number of piperazine rings is 1. The van der Waals surface area contributed by atoms with Crippen LogP contribution in [-0.2, 0) is 14.3 Å². The number of benzene rings is 1. The van der Waals surface area contributed by atoms with Gasteiger partial charge in [0.05, 0.1) is 10.6 Å². The Labute approximate surface area is 175 Å². The van der Waals surface area contributed by atoms with Crippen molar-refractivity contribution in [2.45, 2.75) is 13.3 Å². The predicted molar refractivity (Wildman–Crippen MR) is 110 cm³/mol. The van der Waals surface area contributed by atoms with E-state index < -0.39 is 0 Å². The van der Waals surface area contributed by atoms with Crippen molar-refractivity contribution in [1.29, 1.82) is 0 Å². The molecule has 1 aromatic carbocycles. The summed E-state index contributed by atoms with van der Waals surface area (Å²) in [5.74, 6) is -0.563. The molecule has 0 saturated carbocycles. The van der Waals surface area contributed by atoms with E-state index in [1.54, 1.807) is 18.2 Å². The summed E-state index contributed by atoms with van der Waals surface area (Å²) in [6.07, 6.45) is 0.600. The smallest absolute Gasteiger partial charge is 0.277 e. The largest absolute Gasteiger partial charge is 0.382 e. The number of carbonyl (C=O) groups is 2. The first-order valence-corrected chi connectivity index (χ1v) is 10.3. The Morgan fingerprint density at radius 3 is 2.43 bits per heavy atom. The van der Waals surface area contributed by atoms with Crippen molar-refractivity contribution in [3.8, 4) is 0 Å². The average Bonchev–Trinajstić information content (AvgIpc) is 2.90. The lowest BCUT2D eigenvalue weighted by molar-refractivity contribution is -0.137. The van der Waals surface area contributed by atoms with Crippen molar-refractivity contribution in [2.24, 2.45) is 0 Å². The second-order valence-corrected chi connectivity index (χ2v) is 7.79. The third-order valence-electron chi connectivity index (χ3n) is 5.04. The summed E-state index contributed by atoms with van der Waals surface area (Å²) >= 11 is 12.4. The number of likely N-dealkylation sites (N-methyl/N-ethyl adjacent to an activating group) is 1. The van der Waals surface area contributed by atoms with Gasteiger partial charge < -0.3 is 14.5 Å². The summed E-state index contributed by atoms with van der Waals surface area (Å²) in [4.78, 5) is 31.9. The van der Waals surface area contributed by atoms with Crippen LogP contribution in [0.1, 0.15) is 18.9 Å². The topological polar surface area (TPSA) is 53.1 Å². The second-order valence-electron chi connectivity index (χ2n) is 6.95. The molecule has 3 rings (SSSR count). The minimum atomic E-state index is -0.306. The fourth-order valence-electron chi connectivity index (χ4n) is 3.49. The molecule has 28 heavy (non-hydrogen) atoms. The first kappa shape index (κ1) is 21.1. The van der Waals surface area contributed by atoms with Gasteiger partial charge in [-0.2, -0.15) is 0 Å². The highest BCUT2D eigenvalue weighted by atomic mass is 35.5. The van der Waals surface area contributed by atoms with Crippen molar-refractivity contribution in [3.05, 3.63) is 39.5 Å². The monoisotopic (exact) mass is 425 g/mol. The Bertz CT molecular complexity index is 789. The van der Waals surface area contributed by atoms with Gasteiger partial charge in [0.1, 0.15) is 5.70 Å². The number of carbonyl (C=O) groups excluding carboxylic acids is 2. The third-order valence-corrected chi connectivity index (χ3v) is 5.59. The molecule has 0 spiro atoms. The molecule has 152 valence electrons. The molecule has 1 aromatic rings. The highest BCUT2D eigenvalue weighted by molar-refractivity contribution is 6.41. The van der Waals surface area contributed by atoms with Gasteiger partial charge in [-0.3, -0.25) is 14.5 Å². The van der Waals surface area contributed by atoms with Gasteiger partial charge in [-0.25, -0.2) is 0 Å². The van der Waals surface area contributed by atoms with E-state index in [-0.39, 0.29) is 11.8 Å². The zero-order chi connectivity index (χ0) is 20.3. The molecule has 0 aromatic heterocycles. The van der Waals surface area contributed by atoms with Crippen LogP contribution in [0, 0.1) is 0 Å². The van der Waals surface area contributed by atoms with Crippen molar-refractivity contribution >= 4 is 40.6 Å². The first-order valence-electron chi connectivity index (χ1n) is 9.51. The number of hydrogen-bond acceptors (Lipinski definition) is 5. The van der Waals surface area contributed by atoms with Crippen LogP contribution in [0.2, 0.25) is 10.0 Å². The van der Waals surface area contributed by atoms with E-state index in [1.165, 1.54) is 4.90 Å². The van der Waals surface area contributed by atoms with E-state index in [9.17, 15) is 9.59 Å². The molecule has 0 radical (unpaired) electrons. The van der Waals surface area contributed by atoms with Crippen LogP contribution >= 0.6 is 23.2 Å². The molecule has 2 aliphatic heterocycles. The molecule has 6 nitrogen and oxygen atoms in total. The first-order chi connectivity index (χ1) is 13.4. The van der Waals surface area contributed by atoms with E-state index in [0.29, 0.717) is 66.1 Å². The van der Waals surface area contributed by atoms with Gasteiger partial charge in [0.25, 0.3) is 11.8 Å². The number of hydrogen-bond donors (Lipinski definition) is 0. The Balaban J connectivity index is 1.95. The van der Waals surface area contributed by atoms with E-state index >= 15 is 0 Å². The summed E-state index contributed by atoms with van der Waals surface area (Å²) in [6.45, 7) is 6.39. The summed E-state index contributed by atoms with van der Waals surface area (Å²) in [6, 6.07) is 5.00. The zero-order valence-corrected chi connectivity index (χ0v) is 17.7. The maximum absolute atomic E-state index is 13.2. The van der Waals surface area contributed by atoms with Gasteiger partial charge in [0, 0.05) is 56.5 Å². The second kappa shape index (κ2) is 9.27. The van der Waals surface area contributed by atoms with Crippen LogP contribution in [-0.4, -0.2) is 79.5 Å². The quantitative estimate of drug-likeness (QED) is 0.496. The molecule has 1 fully saturated rings. The maximum Gasteiger partial charge on any atom is 0.277 e. The van der Waals surface area contributed by atoms with Gasteiger partial charge in [0.2, 0.25) is 0 Å². The van der Waals surface area contributed by atoms with E-state index in [1.807, 2.05) is 18.9 Å². The number of imide groups is 1. The van der Waals surface area contributed by atoms with Crippen molar-refractivity contribution in [2.75, 3.05) is 53.0 Å². The Morgan fingerprint density at radius 1 is 1.07 bits per heavy atom. The standard InChI is InChI=1S/C20H25Cl2N3O3/c1-3-28-12-4-7-25-19(26)17(15-6-5-14(21)13-16(15)22)18(20(25)27)24-10-8-23(2)9-11-24/h5-6,13H,3-4,7-12H2,1-2H3. The van der Waals surface area contributed by atoms with Crippen molar-refractivity contribution in [3.63, 3.8) is 0 Å². The lowest BCUT2D eigenvalue weighted by Crippen LogP contribution is -2.46. The van der Waals surface area contributed by atoms with E-state index in [0.717, 1.165) is 13.1 Å². The summed E-state index contributed by atoms with van der Waals surface area (Å²) < 4.78 is 5.35. The molecule has 2 aliphatic rings. The lowest BCUT2D eigenvalue weighted by atomic mass is 10.0. The minimum absolute atomic E-state index is 0.257. The molecular weight excluding hydrogens is 401 g/mol. The zero-order valence-electron chi connectivity index (χ0n) is 16.2. The molecule has 1 saturated heterocycles. The molecule has 0 atom stereocenters. The molecule has 0 bridgehead atoms. The van der Waals surface area contributed by atoms with Crippen LogP contribution in [0.5, 0.6) is 0 Å². The fourth-order valence-corrected chi connectivity index (χ4v) is 4.00. The molecular formula is C20H25Cl2N3O3. The molecule has 0 unspecified atom stereocenters. The van der Waals surface area contributed by atoms with Gasteiger partial charge in [-0.15, -0.1) is 0 Å². The molecule has 8 heteroatoms. The van der Waals surface area contributed by atoms with Crippen LogP contribution in [0.25, 0.3) is 5.57 Å². The Kier molecular flexibility index (Phi) is 6.99. The molecule has 2 amide bonds. The number of nitrogens with zero attached hydrogens (tertiary/aromatic N) is 3. The summed E-state index contributed by atoms with van der Waals surface area (Å²) in [7, 11) is 2.05. The van der Waals surface area contributed by atoms with Crippen molar-refractivity contribution in [1.82, 2.24) is 14.7 Å². The van der Waals surface area contributed by atoms with Crippen LogP contribution in [0.15, 0.2) is 23.9 Å². The number of amides is 2. The third kappa shape index (κ3) is 4.35. The van der Waals surface area contributed by atoms with Crippen LogP contribution < -0.4 is 0 Å². The number of rotatable bonds is 7. The van der Waals surface area contributed by atoms with Crippen LogP contribution in [0.4, 0.5) is 0 Å². The lowest BCUT2D eigenvalue weighted by Gasteiger charge is -2.34. The normalized spacial score (nSPS) is 18.6. The SMILES string of the molecule is CCOCCCN1C(=O)C(c2ccc(Cl)cc2Cl)=C(N2CCN(C)CC2)C1=O. The van der Waals surface area contributed by atoms with E-state index in [2.05, 4.69) is 4.90 Å². The summed E-state index contributed by atoms with van der Waals surface area (Å²) in [5, 5.41) is 0.854. The minimum Gasteiger partial charge on any atom is -0.382 e. The molecule has 0 aliphatic carbocycles. The fraction of sp³-hybridized carbons (Fsp3) is 0.500. The molecule has 2 heterocycles. The summed E-state index contributed by atoms with van der Waals surface area (Å²) in [5.41, 5.74) is 1.36. The Hall–Kier alpha value is -1.60. The van der Waals surface area contributed by atoms with Gasteiger partial charge >= 0.3 is 0 Å². The van der Waals surface area contributed by atoms with Crippen molar-refractivity contribution < 1.29 is 14.3 Å². The van der Waals surface area contributed by atoms with Gasteiger partial charge in [-0.1, -0.05) is 29.3 Å². The van der Waals surface area contributed by atoms with E-state index in [4.69, 9.17) is 27.9 Å².